The first-order chi connectivity index (χ1) is 11.0. The summed E-state index contributed by atoms with van der Waals surface area (Å²) in [4.78, 5) is 1.19. The topological polar surface area (TPSA) is 89.8 Å². The van der Waals surface area contributed by atoms with E-state index in [0.29, 0.717) is 11.4 Å². The van der Waals surface area contributed by atoms with Crippen LogP contribution < -0.4 is 4.72 Å². The Hall–Kier alpha value is -2.10. The Morgan fingerprint density at radius 1 is 1.30 bits per heavy atom. The third-order valence-electron chi connectivity index (χ3n) is 3.41. The second kappa shape index (κ2) is 6.19. The molecule has 9 heteroatoms. The number of aromatic nitrogens is 4. The molecular weight excluding hydrogens is 334 g/mol. The summed E-state index contributed by atoms with van der Waals surface area (Å²) in [6, 6.07) is 8.53. The van der Waals surface area contributed by atoms with Crippen LogP contribution in [0.1, 0.15) is 10.4 Å². The molecule has 0 aliphatic heterocycles. The molecule has 0 aliphatic carbocycles. The van der Waals surface area contributed by atoms with E-state index in [1.54, 1.807) is 31.3 Å². The summed E-state index contributed by atoms with van der Waals surface area (Å²) in [7, 11) is -1.90. The van der Waals surface area contributed by atoms with Gasteiger partial charge < -0.3 is 0 Å². The van der Waals surface area contributed by atoms with Crippen LogP contribution in [0, 0.1) is 6.92 Å². The molecule has 3 rings (SSSR count). The second-order valence-electron chi connectivity index (χ2n) is 5.01. The molecule has 120 valence electrons. The predicted molar refractivity (Wildman–Crippen MR) is 87.3 cm³/mol. The first kappa shape index (κ1) is 15.8. The summed E-state index contributed by atoms with van der Waals surface area (Å²) in [5.74, 6) is 0.510. The number of thiophene rings is 1. The highest BCUT2D eigenvalue weighted by Gasteiger charge is 2.16. The van der Waals surface area contributed by atoms with Gasteiger partial charge in [0.15, 0.2) is 5.82 Å². The van der Waals surface area contributed by atoms with Crippen LogP contribution in [0.3, 0.4) is 0 Å². The van der Waals surface area contributed by atoms with Crippen LogP contribution in [0.25, 0.3) is 11.4 Å². The van der Waals surface area contributed by atoms with E-state index in [4.69, 9.17) is 0 Å². The van der Waals surface area contributed by atoms with Crippen LogP contribution >= 0.6 is 11.3 Å². The summed E-state index contributed by atoms with van der Waals surface area (Å²) < 4.78 is 29.1. The van der Waals surface area contributed by atoms with Crippen molar-refractivity contribution in [1.82, 2.24) is 24.9 Å². The smallest absolute Gasteiger partial charge is 0.229 e. The number of rotatable bonds is 5. The van der Waals surface area contributed by atoms with Crippen LogP contribution in [0.5, 0.6) is 0 Å². The lowest BCUT2D eigenvalue weighted by molar-refractivity contribution is 0.581. The molecule has 0 fully saturated rings. The molecule has 2 heterocycles. The van der Waals surface area contributed by atoms with Gasteiger partial charge in [-0.05, 0) is 46.5 Å². The summed E-state index contributed by atoms with van der Waals surface area (Å²) in [6.45, 7) is 2.24. The molecule has 2 aromatic heterocycles. The Kier molecular flexibility index (Phi) is 4.24. The Morgan fingerprint density at radius 3 is 2.78 bits per heavy atom. The summed E-state index contributed by atoms with van der Waals surface area (Å²) >= 11 is 1.53. The molecule has 0 amide bonds. The molecule has 0 saturated carbocycles. The van der Waals surface area contributed by atoms with Gasteiger partial charge >= 0.3 is 0 Å². The number of hydrogen-bond acceptors (Lipinski definition) is 6. The van der Waals surface area contributed by atoms with Gasteiger partial charge in [-0.1, -0.05) is 12.1 Å². The highest BCUT2D eigenvalue weighted by molar-refractivity contribution is 7.89. The zero-order valence-electron chi connectivity index (χ0n) is 12.6. The van der Waals surface area contributed by atoms with Gasteiger partial charge in [0.2, 0.25) is 10.0 Å². The summed E-state index contributed by atoms with van der Waals surface area (Å²) in [5, 5.41) is 13.2. The van der Waals surface area contributed by atoms with Crippen molar-refractivity contribution in [2.24, 2.45) is 7.05 Å². The number of hydrogen-bond donors (Lipinski definition) is 1. The number of nitrogens with zero attached hydrogens (tertiary/aromatic N) is 4. The van der Waals surface area contributed by atoms with Crippen LogP contribution in [0.15, 0.2) is 40.6 Å². The molecule has 0 bridgehead atoms. The summed E-state index contributed by atoms with van der Waals surface area (Å²) in [5.41, 5.74) is 1.73. The lowest BCUT2D eigenvalue weighted by Gasteiger charge is -2.08. The fourth-order valence-corrected chi connectivity index (χ4v) is 4.08. The first-order valence-corrected chi connectivity index (χ1v) is 9.19. The molecular formula is C14H15N5O2S2. The van der Waals surface area contributed by atoms with Gasteiger partial charge in [-0.3, -0.25) is 0 Å². The van der Waals surface area contributed by atoms with Crippen LogP contribution in [-0.2, 0) is 23.6 Å². The van der Waals surface area contributed by atoms with Crippen molar-refractivity contribution < 1.29 is 8.42 Å². The first-order valence-electron chi connectivity index (χ1n) is 6.83. The largest absolute Gasteiger partial charge is 0.240 e. The van der Waals surface area contributed by atoms with E-state index in [0.717, 1.165) is 10.4 Å². The van der Waals surface area contributed by atoms with Gasteiger partial charge in [-0.2, -0.15) is 0 Å². The maximum atomic E-state index is 12.5. The molecule has 3 aromatic rings. The Balaban J connectivity index is 1.86. The van der Waals surface area contributed by atoms with Crippen LogP contribution in [-0.4, -0.2) is 28.6 Å². The monoisotopic (exact) mass is 349 g/mol. The van der Waals surface area contributed by atoms with Crippen molar-refractivity contribution >= 4 is 21.4 Å². The zero-order chi connectivity index (χ0) is 16.4. The third-order valence-corrected chi connectivity index (χ3v) is 5.84. The molecule has 23 heavy (non-hydrogen) atoms. The number of tetrazole rings is 1. The van der Waals surface area contributed by atoms with Crippen LogP contribution in [0.4, 0.5) is 0 Å². The van der Waals surface area contributed by atoms with E-state index in [1.165, 1.54) is 16.0 Å². The number of benzene rings is 1. The van der Waals surface area contributed by atoms with Gasteiger partial charge in [0, 0.05) is 24.0 Å². The Bertz CT molecular complexity index is 930. The highest BCUT2D eigenvalue weighted by Crippen LogP contribution is 2.20. The Morgan fingerprint density at radius 2 is 2.13 bits per heavy atom. The van der Waals surface area contributed by atoms with Crippen LogP contribution in [0.2, 0.25) is 0 Å². The fourth-order valence-electron chi connectivity index (χ4n) is 2.11. The van der Waals surface area contributed by atoms with E-state index >= 15 is 0 Å². The molecule has 0 spiro atoms. The maximum absolute atomic E-state index is 12.5. The minimum atomic E-state index is -3.60. The number of sulfonamides is 1. The van der Waals surface area contributed by atoms with Gasteiger partial charge in [0.1, 0.15) is 0 Å². The zero-order valence-corrected chi connectivity index (χ0v) is 14.2. The van der Waals surface area contributed by atoms with Crippen molar-refractivity contribution in [3.8, 4) is 11.4 Å². The van der Waals surface area contributed by atoms with Crippen molar-refractivity contribution in [2.45, 2.75) is 18.4 Å². The number of aryl methyl sites for hydroxylation is 2. The lowest BCUT2D eigenvalue weighted by Crippen LogP contribution is -2.23. The molecule has 0 atom stereocenters. The molecule has 0 saturated heterocycles. The standard InChI is InChI=1S/C14H15N5O2S2/c1-10-6-7-22-13(10)9-15-23(20,21)12-5-3-4-11(8-12)14-16-17-18-19(14)2/h3-8,15H,9H2,1-2H3. The molecule has 1 N–H and O–H groups in total. The lowest BCUT2D eigenvalue weighted by atomic mass is 10.2. The van der Waals surface area contributed by atoms with Gasteiger partial charge in [-0.15, -0.1) is 16.4 Å². The quantitative estimate of drug-likeness (QED) is 0.757. The second-order valence-corrected chi connectivity index (χ2v) is 7.77. The van der Waals surface area contributed by atoms with Crippen molar-refractivity contribution in [1.29, 1.82) is 0 Å². The SMILES string of the molecule is Cc1ccsc1CNS(=O)(=O)c1cccc(-c2nnnn2C)c1. The van der Waals surface area contributed by atoms with E-state index in [1.807, 2.05) is 18.4 Å². The van der Waals surface area contributed by atoms with E-state index < -0.39 is 10.0 Å². The average molecular weight is 349 g/mol. The number of nitrogens with one attached hydrogen (secondary N) is 1. The highest BCUT2D eigenvalue weighted by atomic mass is 32.2. The van der Waals surface area contributed by atoms with E-state index in [9.17, 15) is 8.42 Å². The molecule has 0 aliphatic rings. The average Bonchev–Trinajstić information content (AvgIpc) is 3.14. The normalized spacial score (nSPS) is 11.7. The third kappa shape index (κ3) is 3.31. The van der Waals surface area contributed by atoms with Gasteiger partial charge in [-0.25, -0.2) is 17.8 Å². The fraction of sp³-hybridized carbons (Fsp3) is 0.214. The van der Waals surface area contributed by atoms with Crippen molar-refractivity contribution in [2.75, 3.05) is 0 Å². The maximum Gasteiger partial charge on any atom is 0.240 e. The van der Waals surface area contributed by atoms with Crippen molar-refractivity contribution in [3.05, 3.63) is 46.2 Å². The minimum Gasteiger partial charge on any atom is -0.229 e. The molecule has 0 radical (unpaired) electrons. The predicted octanol–water partition coefficient (Wildman–Crippen LogP) is 1.73. The van der Waals surface area contributed by atoms with E-state index in [-0.39, 0.29) is 11.4 Å². The minimum absolute atomic E-state index is 0.187. The van der Waals surface area contributed by atoms with Gasteiger partial charge in [0.25, 0.3) is 0 Å². The van der Waals surface area contributed by atoms with E-state index in [2.05, 4.69) is 20.2 Å². The Labute approximate surface area is 138 Å². The molecule has 1 aromatic carbocycles. The summed E-state index contributed by atoms with van der Waals surface area (Å²) in [6.07, 6.45) is 0. The molecule has 0 unspecified atom stereocenters. The van der Waals surface area contributed by atoms with Crippen molar-refractivity contribution in [3.63, 3.8) is 0 Å². The van der Waals surface area contributed by atoms with Gasteiger partial charge in [0.05, 0.1) is 4.90 Å². The molecule has 7 nitrogen and oxygen atoms in total.